The molecule has 0 saturated carbocycles. The molecular formula is C10H17ClO3. The first-order valence-corrected chi connectivity index (χ1v) is 4.99. The average Bonchev–Trinajstić information content (AvgIpc) is 2.00. The van der Waals surface area contributed by atoms with Crippen LogP contribution in [0.2, 0.25) is 0 Å². The topological polar surface area (TPSA) is 35.5 Å². The van der Waals surface area contributed by atoms with Gasteiger partial charge < -0.3 is 9.47 Å². The van der Waals surface area contributed by atoms with Crippen LogP contribution in [0.1, 0.15) is 20.8 Å². The molecule has 0 fully saturated rings. The predicted octanol–water partition coefficient (Wildman–Crippen LogP) is 2.14. The van der Waals surface area contributed by atoms with Gasteiger partial charge in [-0.05, 0) is 20.8 Å². The molecular weight excluding hydrogens is 204 g/mol. The minimum absolute atomic E-state index is 0.0239. The highest BCUT2D eigenvalue weighted by molar-refractivity contribution is 6.18. The number of rotatable bonds is 5. The molecule has 0 saturated heterocycles. The molecule has 0 aliphatic heterocycles. The number of carbonyl (C=O) groups excluding carboxylic acids is 1. The Balaban J connectivity index is 3.50. The zero-order chi connectivity index (χ0) is 11.0. The molecule has 0 aliphatic rings. The Kier molecular flexibility index (Phi) is 6.58. The lowest BCUT2D eigenvalue weighted by Gasteiger charge is -2.19. The maximum Gasteiger partial charge on any atom is 0.332 e. The van der Waals surface area contributed by atoms with Gasteiger partial charge in [-0.15, -0.1) is 11.6 Å². The number of hydrogen-bond donors (Lipinski definition) is 0. The number of allylic oxidation sites excluding steroid dienone is 1. The second-order valence-electron chi connectivity index (χ2n) is 3.73. The van der Waals surface area contributed by atoms with Gasteiger partial charge >= 0.3 is 5.97 Å². The lowest BCUT2D eigenvalue weighted by molar-refractivity contribution is -0.159. The molecule has 0 amide bonds. The second kappa shape index (κ2) is 6.85. The molecule has 82 valence electrons. The highest BCUT2D eigenvalue weighted by Crippen LogP contribution is 2.06. The quantitative estimate of drug-likeness (QED) is 0.308. The highest BCUT2D eigenvalue weighted by Gasteiger charge is 2.15. The van der Waals surface area contributed by atoms with Gasteiger partial charge in [-0.2, -0.15) is 0 Å². The number of alkyl halides is 1. The van der Waals surface area contributed by atoms with E-state index in [0.29, 0.717) is 12.5 Å². The van der Waals surface area contributed by atoms with Crippen LogP contribution >= 0.6 is 11.6 Å². The summed E-state index contributed by atoms with van der Waals surface area (Å²) in [6.07, 6.45) is 3.52. The van der Waals surface area contributed by atoms with Gasteiger partial charge in [0.2, 0.25) is 0 Å². The fourth-order valence-electron chi connectivity index (χ4n) is 0.712. The van der Waals surface area contributed by atoms with Crippen LogP contribution < -0.4 is 0 Å². The normalized spacial score (nSPS) is 12.0. The van der Waals surface area contributed by atoms with Crippen LogP contribution in [0.3, 0.4) is 0 Å². The second-order valence-corrected chi connectivity index (χ2v) is 4.04. The van der Waals surface area contributed by atoms with Gasteiger partial charge in [0, 0.05) is 5.88 Å². The number of halogens is 1. The first kappa shape index (κ1) is 13.5. The summed E-state index contributed by atoms with van der Waals surface area (Å²) in [6.45, 7) is 5.81. The van der Waals surface area contributed by atoms with Crippen LogP contribution in [-0.4, -0.2) is 30.7 Å². The minimum atomic E-state index is -0.452. The molecule has 0 radical (unpaired) electrons. The Morgan fingerprint density at radius 1 is 1.36 bits per heavy atom. The van der Waals surface area contributed by atoms with Crippen LogP contribution in [-0.2, 0) is 14.3 Å². The van der Waals surface area contributed by atoms with Gasteiger partial charge in [0.15, 0.2) is 0 Å². The average molecular weight is 221 g/mol. The summed E-state index contributed by atoms with van der Waals surface area (Å²) in [5, 5.41) is 0. The maximum absolute atomic E-state index is 11.1. The predicted molar refractivity (Wildman–Crippen MR) is 56.5 cm³/mol. The first-order chi connectivity index (χ1) is 6.45. The Hall–Kier alpha value is -0.540. The van der Waals surface area contributed by atoms with Crippen molar-refractivity contribution in [3.8, 4) is 0 Å². The molecule has 0 atom stereocenters. The number of ether oxygens (including phenoxy) is 2. The molecule has 0 N–H and O–H groups in total. The molecule has 0 heterocycles. The van der Waals surface area contributed by atoms with Gasteiger partial charge in [-0.1, -0.05) is 12.2 Å². The number of carbonyl (C=O) groups is 1. The molecule has 0 aliphatic carbocycles. The van der Waals surface area contributed by atoms with Crippen LogP contribution in [0, 0.1) is 0 Å². The van der Waals surface area contributed by atoms with Crippen LogP contribution in [0.25, 0.3) is 0 Å². The monoisotopic (exact) mass is 220 g/mol. The third-order valence-corrected chi connectivity index (χ3v) is 1.29. The standard InChI is InChI=1S/C10H17ClO3/c1-10(2,3)14-9(12)8-13-7-5-4-6-11/h4-5H,6-8H2,1-3H3/b5-4-. The van der Waals surface area contributed by atoms with E-state index >= 15 is 0 Å². The van der Waals surface area contributed by atoms with E-state index in [-0.39, 0.29) is 12.6 Å². The van der Waals surface area contributed by atoms with Gasteiger partial charge in [-0.25, -0.2) is 4.79 Å². The molecule has 3 nitrogen and oxygen atoms in total. The lowest BCUT2D eigenvalue weighted by atomic mass is 10.2. The van der Waals surface area contributed by atoms with Crippen molar-refractivity contribution >= 4 is 17.6 Å². The van der Waals surface area contributed by atoms with Crippen molar-refractivity contribution in [3.63, 3.8) is 0 Å². The zero-order valence-corrected chi connectivity index (χ0v) is 9.63. The molecule has 0 aromatic rings. The largest absolute Gasteiger partial charge is 0.458 e. The van der Waals surface area contributed by atoms with Crippen LogP contribution in [0.5, 0.6) is 0 Å². The fraction of sp³-hybridized carbons (Fsp3) is 0.700. The Morgan fingerprint density at radius 2 is 2.00 bits per heavy atom. The summed E-state index contributed by atoms with van der Waals surface area (Å²) in [5.74, 6) is 0.104. The van der Waals surface area contributed by atoms with Gasteiger partial charge in [0.25, 0.3) is 0 Å². The maximum atomic E-state index is 11.1. The van der Waals surface area contributed by atoms with Crippen molar-refractivity contribution in [2.45, 2.75) is 26.4 Å². The van der Waals surface area contributed by atoms with Crippen molar-refractivity contribution in [1.82, 2.24) is 0 Å². The van der Waals surface area contributed by atoms with E-state index in [2.05, 4.69) is 0 Å². The van der Waals surface area contributed by atoms with E-state index in [1.165, 1.54) is 0 Å². The fourth-order valence-corrected chi connectivity index (χ4v) is 0.838. The third kappa shape index (κ3) is 9.55. The van der Waals surface area contributed by atoms with Crippen molar-refractivity contribution in [1.29, 1.82) is 0 Å². The van der Waals surface area contributed by atoms with E-state index in [0.717, 1.165) is 0 Å². The molecule has 0 bridgehead atoms. The Labute approximate surface area is 90.0 Å². The molecule has 0 aromatic carbocycles. The highest BCUT2D eigenvalue weighted by atomic mass is 35.5. The molecule has 4 heteroatoms. The number of hydrogen-bond acceptors (Lipinski definition) is 3. The summed E-state index contributed by atoms with van der Waals surface area (Å²) in [4.78, 5) is 11.1. The molecule has 0 unspecified atom stereocenters. The summed E-state index contributed by atoms with van der Waals surface area (Å²) < 4.78 is 10.1. The molecule has 0 spiro atoms. The van der Waals surface area contributed by atoms with E-state index in [1.807, 2.05) is 20.8 Å². The van der Waals surface area contributed by atoms with Gasteiger partial charge in [0.1, 0.15) is 12.2 Å². The van der Waals surface area contributed by atoms with Crippen LogP contribution in [0.15, 0.2) is 12.2 Å². The molecule has 0 rings (SSSR count). The summed E-state index contributed by atoms with van der Waals surface area (Å²) in [6, 6.07) is 0. The minimum Gasteiger partial charge on any atom is -0.458 e. The van der Waals surface area contributed by atoms with Crippen molar-refractivity contribution in [2.75, 3.05) is 19.1 Å². The van der Waals surface area contributed by atoms with Crippen LogP contribution in [0.4, 0.5) is 0 Å². The third-order valence-electron chi connectivity index (χ3n) is 1.11. The first-order valence-electron chi connectivity index (χ1n) is 4.46. The summed E-state index contributed by atoms with van der Waals surface area (Å²) in [7, 11) is 0. The van der Waals surface area contributed by atoms with E-state index in [1.54, 1.807) is 12.2 Å². The van der Waals surface area contributed by atoms with E-state index in [9.17, 15) is 4.79 Å². The molecule has 14 heavy (non-hydrogen) atoms. The summed E-state index contributed by atoms with van der Waals surface area (Å²) in [5.41, 5.74) is -0.452. The Morgan fingerprint density at radius 3 is 2.50 bits per heavy atom. The summed E-state index contributed by atoms with van der Waals surface area (Å²) >= 11 is 5.40. The molecule has 0 aromatic heterocycles. The van der Waals surface area contributed by atoms with Gasteiger partial charge in [-0.3, -0.25) is 0 Å². The van der Waals surface area contributed by atoms with Crippen molar-refractivity contribution in [2.24, 2.45) is 0 Å². The zero-order valence-electron chi connectivity index (χ0n) is 8.88. The van der Waals surface area contributed by atoms with Crippen molar-refractivity contribution < 1.29 is 14.3 Å². The number of esters is 1. The van der Waals surface area contributed by atoms with E-state index < -0.39 is 5.60 Å². The Bertz CT molecular complexity index is 194. The van der Waals surface area contributed by atoms with E-state index in [4.69, 9.17) is 21.1 Å². The van der Waals surface area contributed by atoms with Gasteiger partial charge in [0.05, 0.1) is 6.61 Å². The lowest BCUT2D eigenvalue weighted by Crippen LogP contribution is -2.26. The van der Waals surface area contributed by atoms with Crippen molar-refractivity contribution in [3.05, 3.63) is 12.2 Å². The SMILES string of the molecule is CC(C)(C)OC(=O)COC/C=C\CCl. The smallest absolute Gasteiger partial charge is 0.332 e.